The molecular formula is C18H17Cl2NO2S. The number of hydrogen-bond acceptors (Lipinski definition) is 3. The molecule has 0 N–H and O–H groups in total. The summed E-state index contributed by atoms with van der Waals surface area (Å²) in [5, 5.41) is 3.09. The van der Waals surface area contributed by atoms with Crippen LogP contribution in [0.3, 0.4) is 0 Å². The van der Waals surface area contributed by atoms with Gasteiger partial charge in [0.15, 0.2) is 0 Å². The Morgan fingerprint density at radius 2 is 2.00 bits per heavy atom. The van der Waals surface area contributed by atoms with Crippen LogP contribution in [-0.2, 0) is 16.8 Å². The number of nitrogens with zero attached hydrogens (tertiary/aromatic N) is 1. The summed E-state index contributed by atoms with van der Waals surface area (Å²) in [6.45, 7) is 2.12. The molecule has 6 heteroatoms. The molecule has 0 saturated carbocycles. The van der Waals surface area contributed by atoms with Gasteiger partial charge in [-0.15, -0.1) is 11.3 Å². The fourth-order valence-electron chi connectivity index (χ4n) is 3.63. The lowest BCUT2D eigenvalue weighted by Gasteiger charge is -2.43. The number of amides is 1. The zero-order valence-electron chi connectivity index (χ0n) is 13.1. The van der Waals surface area contributed by atoms with Crippen LogP contribution in [0.25, 0.3) is 0 Å². The predicted octanol–water partition coefficient (Wildman–Crippen LogP) is 4.76. The lowest BCUT2D eigenvalue weighted by atomic mass is 9.85. The lowest BCUT2D eigenvalue weighted by molar-refractivity contribution is -0.0906. The van der Waals surface area contributed by atoms with Crippen molar-refractivity contribution in [1.82, 2.24) is 4.90 Å². The second-order valence-corrected chi connectivity index (χ2v) is 8.04. The summed E-state index contributed by atoms with van der Waals surface area (Å²) < 4.78 is 6.19. The summed E-state index contributed by atoms with van der Waals surface area (Å²) >= 11 is 13.9. The minimum Gasteiger partial charge on any atom is -0.369 e. The minimum absolute atomic E-state index is 0.0336. The van der Waals surface area contributed by atoms with Gasteiger partial charge in [0.25, 0.3) is 5.91 Å². The fourth-order valence-corrected chi connectivity index (χ4v) is 5.29. The molecule has 1 spiro atoms. The van der Waals surface area contributed by atoms with Crippen molar-refractivity contribution in [2.24, 2.45) is 0 Å². The predicted molar refractivity (Wildman–Crippen MR) is 97.3 cm³/mol. The molecule has 2 aromatic rings. The average molecular weight is 382 g/mol. The van der Waals surface area contributed by atoms with Crippen LogP contribution in [0.15, 0.2) is 29.6 Å². The Bertz CT molecular complexity index is 781. The third-order valence-electron chi connectivity index (χ3n) is 4.93. The van der Waals surface area contributed by atoms with Crippen LogP contribution >= 0.6 is 34.5 Å². The maximum Gasteiger partial charge on any atom is 0.255 e. The first kappa shape index (κ1) is 16.4. The summed E-state index contributed by atoms with van der Waals surface area (Å²) in [6, 6.07) is 7.22. The van der Waals surface area contributed by atoms with Gasteiger partial charge >= 0.3 is 0 Å². The number of piperidine rings is 1. The second-order valence-electron chi connectivity index (χ2n) is 6.28. The Morgan fingerprint density at radius 1 is 1.21 bits per heavy atom. The van der Waals surface area contributed by atoms with E-state index in [0.717, 1.165) is 25.9 Å². The molecule has 2 aliphatic heterocycles. The molecule has 1 amide bonds. The van der Waals surface area contributed by atoms with E-state index in [1.807, 2.05) is 4.90 Å². The van der Waals surface area contributed by atoms with E-state index in [-0.39, 0.29) is 11.5 Å². The van der Waals surface area contributed by atoms with Gasteiger partial charge in [-0.3, -0.25) is 4.79 Å². The number of halogens is 2. The molecule has 0 bridgehead atoms. The van der Waals surface area contributed by atoms with Crippen molar-refractivity contribution in [3.63, 3.8) is 0 Å². The number of benzene rings is 1. The molecule has 0 unspecified atom stereocenters. The van der Waals surface area contributed by atoms with Gasteiger partial charge in [-0.25, -0.2) is 0 Å². The first-order valence-electron chi connectivity index (χ1n) is 8.04. The average Bonchev–Trinajstić information content (AvgIpc) is 3.05. The van der Waals surface area contributed by atoms with Crippen molar-refractivity contribution >= 4 is 40.4 Å². The molecular weight excluding hydrogens is 365 g/mol. The van der Waals surface area contributed by atoms with Gasteiger partial charge < -0.3 is 9.64 Å². The van der Waals surface area contributed by atoms with Crippen molar-refractivity contribution < 1.29 is 9.53 Å². The molecule has 1 saturated heterocycles. The lowest BCUT2D eigenvalue weighted by Crippen LogP contribution is -2.47. The van der Waals surface area contributed by atoms with Crippen LogP contribution in [-0.4, -0.2) is 30.5 Å². The molecule has 1 aromatic heterocycles. The van der Waals surface area contributed by atoms with E-state index >= 15 is 0 Å². The molecule has 126 valence electrons. The van der Waals surface area contributed by atoms with E-state index in [1.54, 1.807) is 29.5 Å². The van der Waals surface area contributed by atoms with E-state index in [1.165, 1.54) is 10.4 Å². The van der Waals surface area contributed by atoms with Crippen molar-refractivity contribution in [3.05, 3.63) is 55.7 Å². The monoisotopic (exact) mass is 381 g/mol. The number of fused-ring (bicyclic) bond motifs is 2. The van der Waals surface area contributed by atoms with Gasteiger partial charge in [0, 0.05) is 23.0 Å². The maximum absolute atomic E-state index is 12.8. The van der Waals surface area contributed by atoms with Crippen LogP contribution in [0.4, 0.5) is 0 Å². The molecule has 3 heterocycles. The van der Waals surface area contributed by atoms with Gasteiger partial charge in [0.2, 0.25) is 0 Å². The van der Waals surface area contributed by atoms with Gasteiger partial charge in [-0.1, -0.05) is 23.2 Å². The van der Waals surface area contributed by atoms with E-state index in [2.05, 4.69) is 11.4 Å². The van der Waals surface area contributed by atoms with Crippen molar-refractivity contribution in [3.8, 4) is 0 Å². The maximum atomic E-state index is 12.8. The van der Waals surface area contributed by atoms with Gasteiger partial charge in [0.1, 0.15) is 5.60 Å². The largest absolute Gasteiger partial charge is 0.369 e. The van der Waals surface area contributed by atoms with Gasteiger partial charge in [-0.05, 0) is 54.5 Å². The fraction of sp³-hybridized carbons (Fsp3) is 0.389. The number of carbonyl (C=O) groups excluding carboxylic acids is 1. The van der Waals surface area contributed by atoms with E-state index in [4.69, 9.17) is 27.9 Å². The zero-order chi connectivity index (χ0) is 16.7. The second kappa shape index (κ2) is 6.34. The Kier molecular flexibility index (Phi) is 4.33. The third kappa shape index (κ3) is 2.76. The third-order valence-corrected chi connectivity index (χ3v) is 6.62. The Labute approximate surface area is 155 Å². The topological polar surface area (TPSA) is 29.5 Å². The molecule has 0 radical (unpaired) electrons. The van der Waals surface area contributed by atoms with E-state index < -0.39 is 0 Å². The normalized spacial score (nSPS) is 19.3. The van der Waals surface area contributed by atoms with Crippen LogP contribution in [0.2, 0.25) is 10.0 Å². The number of rotatable bonds is 1. The highest BCUT2D eigenvalue weighted by molar-refractivity contribution is 7.10. The first-order chi connectivity index (χ1) is 11.6. The van der Waals surface area contributed by atoms with Crippen LogP contribution in [0.1, 0.15) is 33.6 Å². The molecule has 4 rings (SSSR count). The highest BCUT2D eigenvalue weighted by atomic mass is 35.5. The molecule has 0 aliphatic carbocycles. The van der Waals surface area contributed by atoms with Crippen molar-refractivity contribution in [2.75, 3.05) is 19.7 Å². The van der Waals surface area contributed by atoms with E-state index in [0.29, 0.717) is 28.7 Å². The summed E-state index contributed by atoms with van der Waals surface area (Å²) in [5.74, 6) is -0.0336. The number of likely N-dealkylation sites (tertiary alicyclic amines) is 1. The summed E-state index contributed by atoms with van der Waals surface area (Å²) in [4.78, 5) is 16.0. The Hall–Kier alpha value is -1.07. The molecule has 24 heavy (non-hydrogen) atoms. The Balaban J connectivity index is 1.52. The van der Waals surface area contributed by atoms with Crippen LogP contribution in [0, 0.1) is 0 Å². The standard InChI is InChI=1S/C18H17Cl2NO2S/c19-13-1-2-14(15(20)11-13)17(22)21-7-5-18(6-8-21)16-12(3-9-23-18)4-10-24-16/h1-2,4,10-11H,3,5-9H2. The zero-order valence-corrected chi connectivity index (χ0v) is 15.4. The minimum atomic E-state index is -0.206. The number of carbonyl (C=O) groups is 1. The number of ether oxygens (including phenoxy) is 1. The van der Waals surface area contributed by atoms with Crippen LogP contribution < -0.4 is 0 Å². The number of hydrogen-bond donors (Lipinski definition) is 0. The Morgan fingerprint density at radius 3 is 2.75 bits per heavy atom. The highest BCUT2D eigenvalue weighted by Gasteiger charge is 2.42. The van der Waals surface area contributed by atoms with Gasteiger partial charge in [-0.2, -0.15) is 0 Å². The SMILES string of the molecule is O=C(c1ccc(Cl)cc1Cl)N1CCC2(CC1)OCCc1ccsc12. The summed E-state index contributed by atoms with van der Waals surface area (Å²) in [5.41, 5.74) is 1.72. The van der Waals surface area contributed by atoms with Crippen LogP contribution in [0.5, 0.6) is 0 Å². The van der Waals surface area contributed by atoms with Crippen molar-refractivity contribution in [2.45, 2.75) is 24.9 Å². The molecule has 2 aliphatic rings. The quantitative estimate of drug-likeness (QED) is 0.712. The molecule has 0 atom stereocenters. The van der Waals surface area contributed by atoms with Gasteiger partial charge in [0.05, 0.1) is 17.2 Å². The van der Waals surface area contributed by atoms with Crippen molar-refractivity contribution in [1.29, 1.82) is 0 Å². The molecule has 1 fully saturated rings. The number of thiophene rings is 1. The summed E-state index contributed by atoms with van der Waals surface area (Å²) in [6.07, 6.45) is 2.65. The molecule has 3 nitrogen and oxygen atoms in total. The molecule has 1 aromatic carbocycles. The van der Waals surface area contributed by atoms with E-state index in [9.17, 15) is 4.79 Å². The first-order valence-corrected chi connectivity index (χ1v) is 9.68. The highest BCUT2D eigenvalue weighted by Crippen LogP contribution is 2.44. The smallest absolute Gasteiger partial charge is 0.255 e. The summed E-state index contributed by atoms with van der Waals surface area (Å²) in [7, 11) is 0.